The van der Waals surface area contributed by atoms with Crippen molar-refractivity contribution < 1.29 is 17.9 Å². The van der Waals surface area contributed by atoms with Gasteiger partial charge >= 0.3 is 0 Å². The molecule has 0 bridgehead atoms. The third-order valence-electron chi connectivity index (χ3n) is 2.60. The number of rotatable bonds is 7. The van der Waals surface area contributed by atoms with Crippen molar-refractivity contribution in [3.8, 4) is 5.75 Å². The van der Waals surface area contributed by atoms with Gasteiger partial charge in [0.15, 0.2) is 0 Å². The maximum absolute atomic E-state index is 12.3. The largest absolute Gasteiger partial charge is 0.494 e. The van der Waals surface area contributed by atoms with Gasteiger partial charge in [0.05, 0.1) is 12.3 Å². The maximum atomic E-state index is 12.3. The van der Waals surface area contributed by atoms with Gasteiger partial charge in [-0.3, -0.25) is 9.52 Å². The van der Waals surface area contributed by atoms with Crippen molar-refractivity contribution in [3.63, 3.8) is 0 Å². The molecule has 124 valence electrons. The molecule has 10 heteroatoms. The van der Waals surface area contributed by atoms with Crippen LogP contribution in [0.25, 0.3) is 0 Å². The van der Waals surface area contributed by atoms with Crippen LogP contribution in [0.2, 0.25) is 0 Å². The van der Waals surface area contributed by atoms with Crippen LogP contribution in [-0.2, 0) is 14.8 Å². The Kier molecular flexibility index (Phi) is 5.50. The van der Waals surface area contributed by atoms with E-state index in [2.05, 4.69) is 20.2 Å². The van der Waals surface area contributed by atoms with E-state index in [9.17, 15) is 13.2 Å². The van der Waals surface area contributed by atoms with Crippen LogP contribution in [0.1, 0.15) is 20.3 Å². The summed E-state index contributed by atoms with van der Waals surface area (Å²) in [7, 11) is -3.88. The minimum Gasteiger partial charge on any atom is -0.494 e. The van der Waals surface area contributed by atoms with Crippen LogP contribution in [0.3, 0.4) is 0 Å². The summed E-state index contributed by atoms with van der Waals surface area (Å²) < 4.78 is 32.1. The van der Waals surface area contributed by atoms with E-state index in [1.165, 1.54) is 0 Å². The van der Waals surface area contributed by atoms with Gasteiger partial charge in [0, 0.05) is 12.5 Å². The zero-order chi connectivity index (χ0) is 16.9. The lowest BCUT2D eigenvalue weighted by Crippen LogP contribution is -2.12. The molecule has 1 aromatic heterocycles. The van der Waals surface area contributed by atoms with Crippen LogP contribution in [0.4, 0.5) is 10.8 Å². The summed E-state index contributed by atoms with van der Waals surface area (Å²) in [5.41, 5.74) is 0.352. The Hall–Kier alpha value is -2.20. The van der Waals surface area contributed by atoms with Gasteiger partial charge in [0.2, 0.25) is 11.0 Å². The molecule has 1 aromatic carbocycles. The lowest BCUT2D eigenvalue weighted by atomic mass is 10.3. The number of nitrogens with zero attached hydrogens (tertiary/aromatic N) is 2. The van der Waals surface area contributed by atoms with Crippen LogP contribution in [-0.4, -0.2) is 31.1 Å². The van der Waals surface area contributed by atoms with Crippen LogP contribution < -0.4 is 14.8 Å². The summed E-state index contributed by atoms with van der Waals surface area (Å²) in [6, 6.07) is 6.57. The van der Waals surface area contributed by atoms with Crippen molar-refractivity contribution >= 4 is 38.1 Å². The van der Waals surface area contributed by atoms with Crippen LogP contribution >= 0.6 is 11.3 Å². The quantitative estimate of drug-likeness (QED) is 0.735. The highest BCUT2D eigenvalue weighted by molar-refractivity contribution is 7.94. The molecule has 0 aliphatic carbocycles. The van der Waals surface area contributed by atoms with E-state index < -0.39 is 10.0 Å². The third-order valence-corrected chi connectivity index (χ3v) is 5.19. The van der Waals surface area contributed by atoms with Gasteiger partial charge < -0.3 is 10.1 Å². The fourth-order valence-electron chi connectivity index (χ4n) is 1.59. The first-order chi connectivity index (χ1) is 10.9. The number of benzene rings is 1. The molecule has 0 aliphatic heterocycles. The minimum absolute atomic E-state index is 0.139. The topological polar surface area (TPSA) is 110 Å². The summed E-state index contributed by atoms with van der Waals surface area (Å²) >= 11 is 0.781. The molecule has 8 nitrogen and oxygen atoms in total. The zero-order valence-electron chi connectivity index (χ0n) is 12.6. The summed E-state index contributed by atoms with van der Waals surface area (Å²) in [4.78, 5) is 11.3. The predicted molar refractivity (Wildman–Crippen MR) is 87.2 cm³/mol. The number of aromatic nitrogens is 2. The van der Waals surface area contributed by atoms with Crippen molar-refractivity contribution in [2.75, 3.05) is 16.6 Å². The molecule has 2 rings (SSSR count). The number of hydrogen-bond donors (Lipinski definition) is 2. The number of anilines is 2. The van der Waals surface area contributed by atoms with Crippen LogP contribution in [0.15, 0.2) is 28.6 Å². The number of carbonyl (C=O) groups excluding carboxylic acids is 1. The first-order valence-electron chi connectivity index (χ1n) is 6.83. The van der Waals surface area contributed by atoms with E-state index in [0.717, 1.165) is 11.3 Å². The van der Waals surface area contributed by atoms with E-state index >= 15 is 0 Å². The molecule has 0 aliphatic rings. The Morgan fingerprint density at radius 2 is 2.09 bits per heavy atom. The van der Waals surface area contributed by atoms with Crippen molar-refractivity contribution in [2.45, 2.75) is 24.6 Å². The number of amides is 1. The molecule has 0 saturated heterocycles. The van der Waals surface area contributed by atoms with Crippen molar-refractivity contribution in [1.29, 1.82) is 0 Å². The van der Waals surface area contributed by atoms with Gasteiger partial charge in [-0.15, -0.1) is 10.2 Å². The van der Waals surface area contributed by atoms with Crippen molar-refractivity contribution in [2.24, 2.45) is 0 Å². The second-order valence-corrected chi connectivity index (χ2v) is 7.17. The average Bonchev–Trinajstić information content (AvgIpc) is 2.97. The van der Waals surface area contributed by atoms with E-state index in [0.29, 0.717) is 18.0 Å². The maximum Gasteiger partial charge on any atom is 0.291 e. The Morgan fingerprint density at radius 3 is 2.78 bits per heavy atom. The fourth-order valence-corrected chi connectivity index (χ4v) is 3.56. The van der Waals surface area contributed by atoms with Crippen molar-refractivity contribution in [3.05, 3.63) is 24.3 Å². The highest BCUT2D eigenvalue weighted by atomic mass is 32.2. The smallest absolute Gasteiger partial charge is 0.291 e. The molecule has 23 heavy (non-hydrogen) atoms. The number of hydrogen-bond acceptors (Lipinski definition) is 7. The van der Waals surface area contributed by atoms with E-state index in [4.69, 9.17) is 4.74 Å². The standard InChI is InChI=1S/C13H16N4O4S2/c1-3-11(18)14-12-15-16-13(22-12)23(19,20)17-9-6-5-7-10(8-9)21-4-2/h5-8,17H,3-4H2,1-2H3,(H,14,15,18). The number of nitrogens with one attached hydrogen (secondary N) is 2. The molecule has 0 spiro atoms. The highest BCUT2D eigenvalue weighted by Crippen LogP contribution is 2.24. The summed E-state index contributed by atoms with van der Waals surface area (Å²) in [6.07, 6.45) is 0.268. The summed E-state index contributed by atoms with van der Waals surface area (Å²) in [5, 5.41) is 9.86. The number of ether oxygens (including phenoxy) is 1. The van der Waals surface area contributed by atoms with Crippen LogP contribution in [0.5, 0.6) is 5.75 Å². The third kappa shape index (κ3) is 4.63. The van der Waals surface area contributed by atoms with Gasteiger partial charge in [-0.05, 0) is 19.1 Å². The second-order valence-electron chi connectivity index (χ2n) is 4.34. The van der Waals surface area contributed by atoms with E-state index in [1.807, 2.05) is 6.92 Å². The minimum atomic E-state index is -3.88. The average molecular weight is 356 g/mol. The van der Waals surface area contributed by atoms with Crippen molar-refractivity contribution in [1.82, 2.24) is 10.2 Å². The van der Waals surface area contributed by atoms with E-state index in [-0.39, 0.29) is 21.8 Å². The number of sulfonamides is 1. The molecular formula is C13H16N4O4S2. The zero-order valence-corrected chi connectivity index (χ0v) is 14.2. The molecule has 2 aromatic rings. The second kappa shape index (κ2) is 7.38. The molecule has 0 unspecified atom stereocenters. The monoisotopic (exact) mass is 356 g/mol. The highest BCUT2D eigenvalue weighted by Gasteiger charge is 2.21. The van der Waals surface area contributed by atoms with Gasteiger partial charge in [0.1, 0.15) is 5.75 Å². The molecule has 0 atom stereocenters. The molecule has 1 amide bonds. The Bertz CT molecular complexity index is 789. The van der Waals surface area contributed by atoms with Gasteiger partial charge in [0.25, 0.3) is 14.4 Å². The number of carbonyl (C=O) groups is 1. The first kappa shape index (κ1) is 17.2. The normalized spacial score (nSPS) is 11.0. The molecular weight excluding hydrogens is 340 g/mol. The summed E-state index contributed by atoms with van der Waals surface area (Å²) in [6.45, 7) is 4.00. The first-order valence-corrected chi connectivity index (χ1v) is 9.13. The molecule has 0 radical (unpaired) electrons. The lowest BCUT2D eigenvalue weighted by molar-refractivity contribution is -0.115. The van der Waals surface area contributed by atoms with E-state index in [1.54, 1.807) is 31.2 Å². The Morgan fingerprint density at radius 1 is 1.30 bits per heavy atom. The SMILES string of the molecule is CCOc1cccc(NS(=O)(=O)c2nnc(NC(=O)CC)s2)c1. The Labute approximate surface area is 137 Å². The molecule has 1 heterocycles. The predicted octanol–water partition coefficient (Wildman–Crippen LogP) is 2.09. The molecule has 2 N–H and O–H groups in total. The fraction of sp³-hybridized carbons (Fsp3) is 0.308. The summed E-state index contributed by atoms with van der Waals surface area (Å²) in [5.74, 6) is 0.295. The van der Waals surface area contributed by atoms with Gasteiger partial charge in [-0.25, -0.2) is 0 Å². The molecule has 0 saturated carbocycles. The van der Waals surface area contributed by atoms with Crippen LogP contribution in [0, 0.1) is 0 Å². The Balaban J connectivity index is 2.15. The van der Waals surface area contributed by atoms with Gasteiger partial charge in [-0.2, -0.15) is 8.42 Å². The van der Waals surface area contributed by atoms with Gasteiger partial charge in [-0.1, -0.05) is 24.3 Å². The lowest BCUT2D eigenvalue weighted by Gasteiger charge is -2.07. The molecule has 0 fully saturated rings.